The average molecular weight is 220 g/mol. The molecule has 0 spiro atoms. The summed E-state index contributed by atoms with van der Waals surface area (Å²) >= 11 is 0. The SMILES string of the molecule is CC=CCCC(C)C=C(C#N)N(CC)CC. The number of rotatable bonds is 7. The second kappa shape index (κ2) is 9.03. The van der Waals surface area contributed by atoms with Gasteiger partial charge in [-0.25, -0.2) is 0 Å². The van der Waals surface area contributed by atoms with E-state index in [-0.39, 0.29) is 0 Å². The van der Waals surface area contributed by atoms with Gasteiger partial charge in [-0.1, -0.05) is 19.1 Å². The molecule has 0 rings (SSSR count). The zero-order valence-corrected chi connectivity index (χ0v) is 11.0. The molecule has 90 valence electrons. The fourth-order valence-electron chi connectivity index (χ4n) is 1.66. The van der Waals surface area contributed by atoms with Crippen LogP contribution in [0.2, 0.25) is 0 Å². The van der Waals surface area contributed by atoms with E-state index in [0.717, 1.165) is 31.6 Å². The van der Waals surface area contributed by atoms with Crippen molar-refractivity contribution in [3.8, 4) is 6.07 Å². The molecule has 1 atom stereocenters. The Labute approximate surface area is 100 Å². The van der Waals surface area contributed by atoms with Crippen molar-refractivity contribution >= 4 is 0 Å². The van der Waals surface area contributed by atoms with E-state index < -0.39 is 0 Å². The van der Waals surface area contributed by atoms with Crippen molar-refractivity contribution in [2.75, 3.05) is 13.1 Å². The fraction of sp³-hybridized carbons (Fsp3) is 0.643. The van der Waals surface area contributed by atoms with Gasteiger partial charge in [0.1, 0.15) is 11.8 Å². The van der Waals surface area contributed by atoms with E-state index in [1.54, 1.807) is 0 Å². The van der Waals surface area contributed by atoms with Gasteiger partial charge >= 0.3 is 0 Å². The van der Waals surface area contributed by atoms with E-state index >= 15 is 0 Å². The molecular weight excluding hydrogens is 196 g/mol. The van der Waals surface area contributed by atoms with Crippen LogP contribution in [0.3, 0.4) is 0 Å². The summed E-state index contributed by atoms with van der Waals surface area (Å²) in [4.78, 5) is 2.10. The predicted molar refractivity (Wildman–Crippen MR) is 69.8 cm³/mol. The lowest BCUT2D eigenvalue weighted by Gasteiger charge is -2.20. The topological polar surface area (TPSA) is 27.0 Å². The van der Waals surface area contributed by atoms with Crippen LogP contribution in [0.15, 0.2) is 23.9 Å². The molecule has 0 aliphatic heterocycles. The lowest BCUT2D eigenvalue weighted by Crippen LogP contribution is -2.21. The highest BCUT2D eigenvalue weighted by Crippen LogP contribution is 2.13. The summed E-state index contributed by atoms with van der Waals surface area (Å²) in [6.07, 6.45) is 8.54. The third-order valence-corrected chi connectivity index (χ3v) is 2.69. The molecule has 0 saturated carbocycles. The Morgan fingerprint density at radius 1 is 1.38 bits per heavy atom. The standard InChI is InChI=1S/C14H24N2/c1-5-8-9-10-13(4)11-14(12-15)16(6-2)7-3/h5,8,11,13H,6-7,9-10H2,1-4H3. The summed E-state index contributed by atoms with van der Waals surface area (Å²) in [7, 11) is 0. The van der Waals surface area contributed by atoms with Crippen LogP contribution in [0, 0.1) is 17.2 Å². The Kier molecular flexibility index (Phi) is 8.34. The first kappa shape index (κ1) is 14.8. The normalized spacial score (nSPS) is 13.8. The lowest BCUT2D eigenvalue weighted by molar-refractivity contribution is 0.392. The molecule has 0 aromatic heterocycles. The minimum absolute atomic E-state index is 0.464. The molecule has 1 unspecified atom stereocenters. The monoisotopic (exact) mass is 220 g/mol. The van der Waals surface area contributed by atoms with Crippen molar-refractivity contribution in [3.63, 3.8) is 0 Å². The van der Waals surface area contributed by atoms with Gasteiger partial charge in [0.2, 0.25) is 0 Å². The summed E-state index contributed by atoms with van der Waals surface area (Å²) < 4.78 is 0. The molecule has 0 aliphatic rings. The van der Waals surface area contributed by atoms with Crippen LogP contribution >= 0.6 is 0 Å². The molecule has 0 bridgehead atoms. The fourth-order valence-corrected chi connectivity index (χ4v) is 1.66. The minimum Gasteiger partial charge on any atom is -0.364 e. The Morgan fingerprint density at radius 2 is 2.00 bits per heavy atom. The Hall–Kier alpha value is -1.23. The van der Waals surface area contributed by atoms with Crippen LogP contribution in [-0.4, -0.2) is 18.0 Å². The van der Waals surface area contributed by atoms with Crippen molar-refractivity contribution < 1.29 is 0 Å². The van der Waals surface area contributed by atoms with Gasteiger partial charge in [-0.2, -0.15) is 5.26 Å². The van der Waals surface area contributed by atoms with Gasteiger partial charge in [0.15, 0.2) is 0 Å². The molecule has 0 aromatic rings. The van der Waals surface area contributed by atoms with E-state index in [0.29, 0.717) is 5.92 Å². The van der Waals surface area contributed by atoms with Gasteiger partial charge < -0.3 is 4.90 Å². The molecule has 0 saturated heterocycles. The van der Waals surface area contributed by atoms with Crippen LogP contribution in [0.4, 0.5) is 0 Å². The largest absolute Gasteiger partial charge is 0.364 e. The third kappa shape index (κ3) is 5.60. The zero-order valence-electron chi connectivity index (χ0n) is 11.0. The smallest absolute Gasteiger partial charge is 0.117 e. The van der Waals surface area contributed by atoms with Gasteiger partial charge in [0, 0.05) is 13.1 Å². The van der Waals surface area contributed by atoms with Crippen LogP contribution in [-0.2, 0) is 0 Å². The van der Waals surface area contributed by atoms with Gasteiger partial charge in [0.25, 0.3) is 0 Å². The summed E-state index contributed by atoms with van der Waals surface area (Å²) in [6, 6.07) is 2.29. The number of hydrogen-bond acceptors (Lipinski definition) is 2. The second-order valence-electron chi connectivity index (χ2n) is 3.96. The van der Waals surface area contributed by atoms with Crippen LogP contribution in [0.1, 0.15) is 40.5 Å². The summed E-state index contributed by atoms with van der Waals surface area (Å²) in [5.41, 5.74) is 0.818. The van der Waals surface area contributed by atoms with Crippen molar-refractivity contribution in [3.05, 3.63) is 23.9 Å². The number of nitrogens with zero attached hydrogens (tertiary/aromatic N) is 2. The third-order valence-electron chi connectivity index (χ3n) is 2.69. The maximum atomic E-state index is 9.11. The second-order valence-corrected chi connectivity index (χ2v) is 3.96. The van der Waals surface area contributed by atoms with Crippen molar-refractivity contribution in [2.24, 2.45) is 5.92 Å². The number of allylic oxidation sites excluding steroid dienone is 4. The maximum Gasteiger partial charge on any atom is 0.117 e. The van der Waals surface area contributed by atoms with Crippen molar-refractivity contribution in [1.82, 2.24) is 4.90 Å². The van der Waals surface area contributed by atoms with E-state index in [2.05, 4.69) is 50.0 Å². The molecule has 0 radical (unpaired) electrons. The van der Waals surface area contributed by atoms with Gasteiger partial charge in [-0.05, 0) is 45.6 Å². The molecule has 0 heterocycles. The highest BCUT2D eigenvalue weighted by Gasteiger charge is 2.06. The Balaban J connectivity index is 4.39. The first-order valence-electron chi connectivity index (χ1n) is 6.17. The average Bonchev–Trinajstić information content (AvgIpc) is 2.29. The molecule has 0 fully saturated rings. The van der Waals surface area contributed by atoms with E-state index in [4.69, 9.17) is 5.26 Å². The highest BCUT2D eigenvalue weighted by molar-refractivity contribution is 5.20. The van der Waals surface area contributed by atoms with Crippen LogP contribution in [0.25, 0.3) is 0 Å². The van der Waals surface area contributed by atoms with Crippen molar-refractivity contribution in [1.29, 1.82) is 5.26 Å². The molecule has 16 heavy (non-hydrogen) atoms. The Morgan fingerprint density at radius 3 is 2.44 bits per heavy atom. The van der Waals surface area contributed by atoms with E-state index in [1.807, 2.05) is 6.92 Å². The summed E-state index contributed by atoms with van der Waals surface area (Å²) in [5.74, 6) is 0.464. The molecule has 0 aliphatic carbocycles. The van der Waals surface area contributed by atoms with Crippen LogP contribution < -0.4 is 0 Å². The molecule has 0 aromatic carbocycles. The molecular formula is C14H24N2. The van der Waals surface area contributed by atoms with Gasteiger partial charge in [-0.3, -0.25) is 0 Å². The molecule has 0 N–H and O–H groups in total. The molecule has 2 nitrogen and oxygen atoms in total. The number of hydrogen-bond donors (Lipinski definition) is 0. The maximum absolute atomic E-state index is 9.11. The Bertz CT molecular complexity index is 267. The number of nitriles is 1. The summed E-state index contributed by atoms with van der Waals surface area (Å²) in [6.45, 7) is 10.2. The van der Waals surface area contributed by atoms with Crippen LogP contribution in [0.5, 0.6) is 0 Å². The molecule has 0 amide bonds. The van der Waals surface area contributed by atoms with Gasteiger partial charge in [-0.15, -0.1) is 0 Å². The van der Waals surface area contributed by atoms with E-state index in [1.165, 1.54) is 0 Å². The predicted octanol–water partition coefficient (Wildman–Crippen LogP) is 3.73. The lowest BCUT2D eigenvalue weighted by atomic mass is 10.0. The first-order chi connectivity index (χ1) is 7.69. The highest BCUT2D eigenvalue weighted by atomic mass is 15.1. The van der Waals surface area contributed by atoms with Crippen molar-refractivity contribution in [2.45, 2.75) is 40.5 Å². The van der Waals surface area contributed by atoms with E-state index in [9.17, 15) is 0 Å². The quantitative estimate of drug-likeness (QED) is 0.483. The minimum atomic E-state index is 0.464. The summed E-state index contributed by atoms with van der Waals surface area (Å²) in [5, 5.41) is 9.11. The first-order valence-corrected chi connectivity index (χ1v) is 6.17. The zero-order chi connectivity index (χ0) is 12.4. The van der Waals surface area contributed by atoms with Gasteiger partial charge in [0.05, 0.1) is 0 Å². The molecule has 2 heteroatoms.